The highest BCUT2D eigenvalue weighted by molar-refractivity contribution is 7.10. The quantitative estimate of drug-likeness (QED) is 0.275. The Balaban J connectivity index is 1.74. The molecule has 1 aliphatic heterocycles. The molecule has 0 bridgehead atoms. The number of anilines is 1. The smallest absolute Gasteiger partial charge is 0.300 e. The summed E-state index contributed by atoms with van der Waals surface area (Å²) in [6.07, 6.45) is 1.66. The number of hydrogen-bond acceptors (Lipinski definition) is 5. The molecular formula is C24H18N2O4S. The van der Waals surface area contributed by atoms with E-state index in [4.69, 9.17) is 4.74 Å². The van der Waals surface area contributed by atoms with Crippen LogP contribution in [0.5, 0.6) is 5.75 Å². The van der Waals surface area contributed by atoms with Crippen LogP contribution < -0.4 is 9.64 Å². The number of carbonyl (C=O) groups excluding carboxylic acids is 2. The summed E-state index contributed by atoms with van der Waals surface area (Å²) < 4.78 is 5.30. The zero-order valence-electron chi connectivity index (χ0n) is 16.5. The zero-order chi connectivity index (χ0) is 21.5. The summed E-state index contributed by atoms with van der Waals surface area (Å²) in [6.45, 7) is 0. The largest absolute Gasteiger partial charge is 0.507 e. The molecule has 3 heterocycles. The van der Waals surface area contributed by atoms with E-state index in [1.165, 1.54) is 16.2 Å². The minimum absolute atomic E-state index is 0.0695. The summed E-state index contributed by atoms with van der Waals surface area (Å²) in [6, 6.07) is 17.5. The number of thiophene rings is 1. The third-order valence-corrected chi connectivity index (χ3v) is 6.36. The number of aliphatic hydroxyl groups is 1. The van der Waals surface area contributed by atoms with Crippen LogP contribution in [0.25, 0.3) is 16.7 Å². The maximum atomic E-state index is 13.2. The third-order valence-electron chi connectivity index (χ3n) is 5.43. The van der Waals surface area contributed by atoms with Gasteiger partial charge in [0.25, 0.3) is 11.7 Å². The van der Waals surface area contributed by atoms with Gasteiger partial charge >= 0.3 is 0 Å². The SMILES string of the molecule is COc1cccc(N2C(=O)C(=O)/C(=C(\O)c3c[nH]c4ccccc34)C2c2cccs2)c1. The number of fused-ring (bicyclic) bond motifs is 1. The molecule has 1 atom stereocenters. The van der Waals surface area contributed by atoms with Crippen molar-refractivity contribution in [1.82, 2.24) is 4.98 Å². The van der Waals surface area contributed by atoms with Crippen molar-refractivity contribution in [3.8, 4) is 5.75 Å². The van der Waals surface area contributed by atoms with Gasteiger partial charge in [0.05, 0.1) is 12.7 Å². The van der Waals surface area contributed by atoms with E-state index < -0.39 is 17.7 Å². The lowest BCUT2D eigenvalue weighted by Crippen LogP contribution is -2.29. The van der Waals surface area contributed by atoms with Crippen molar-refractivity contribution in [1.29, 1.82) is 0 Å². The number of Topliss-reactive ketones (excluding diaryl/α,β-unsaturated/α-hetero) is 1. The number of benzene rings is 2. The minimum atomic E-state index is -0.735. The molecule has 5 rings (SSSR count). The van der Waals surface area contributed by atoms with Crippen LogP contribution >= 0.6 is 11.3 Å². The highest BCUT2D eigenvalue weighted by Crippen LogP contribution is 2.44. The monoisotopic (exact) mass is 430 g/mol. The second kappa shape index (κ2) is 7.45. The second-order valence-electron chi connectivity index (χ2n) is 7.13. The Bertz CT molecular complexity index is 1340. The van der Waals surface area contributed by atoms with Crippen LogP contribution in [0.4, 0.5) is 5.69 Å². The summed E-state index contributed by atoms with van der Waals surface area (Å²) in [4.78, 5) is 31.6. The first-order valence-corrected chi connectivity index (χ1v) is 10.5. The summed E-state index contributed by atoms with van der Waals surface area (Å²) in [5.74, 6) is -1.03. The average molecular weight is 430 g/mol. The molecule has 0 spiro atoms. The Morgan fingerprint density at radius 1 is 1.10 bits per heavy atom. The van der Waals surface area contributed by atoms with E-state index in [0.29, 0.717) is 17.0 Å². The number of amides is 1. The molecular weight excluding hydrogens is 412 g/mol. The number of para-hydroxylation sites is 1. The Morgan fingerprint density at radius 3 is 2.71 bits per heavy atom. The van der Waals surface area contributed by atoms with E-state index in [1.54, 1.807) is 37.6 Å². The first-order valence-electron chi connectivity index (χ1n) is 9.65. The Kier molecular flexibility index (Phi) is 4.60. The van der Waals surface area contributed by atoms with Crippen molar-refractivity contribution < 1.29 is 19.4 Å². The van der Waals surface area contributed by atoms with Gasteiger partial charge in [-0.25, -0.2) is 0 Å². The zero-order valence-corrected chi connectivity index (χ0v) is 17.3. The molecule has 1 amide bonds. The fourth-order valence-corrected chi connectivity index (χ4v) is 4.81. The first kappa shape index (κ1) is 19.1. The van der Waals surface area contributed by atoms with Gasteiger partial charge in [-0.3, -0.25) is 14.5 Å². The van der Waals surface area contributed by atoms with Crippen LogP contribution in [0.15, 0.2) is 77.8 Å². The van der Waals surface area contributed by atoms with E-state index in [-0.39, 0.29) is 11.3 Å². The number of aromatic amines is 1. The topological polar surface area (TPSA) is 82.6 Å². The average Bonchev–Trinajstić information content (AvgIpc) is 3.52. The predicted molar refractivity (Wildman–Crippen MR) is 120 cm³/mol. The second-order valence-corrected chi connectivity index (χ2v) is 8.11. The third kappa shape index (κ3) is 3.02. The number of methoxy groups -OCH3 is 1. The van der Waals surface area contributed by atoms with E-state index in [0.717, 1.165) is 15.8 Å². The molecule has 2 aromatic carbocycles. The number of H-pyrrole nitrogens is 1. The Morgan fingerprint density at radius 2 is 1.94 bits per heavy atom. The predicted octanol–water partition coefficient (Wildman–Crippen LogP) is 4.86. The van der Waals surface area contributed by atoms with Crippen LogP contribution in [0.1, 0.15) is 16.5 Å². The molecule has 31 heavy (non-hydrogen) atoms. The number of rotatable bonds is 4. The number of aromatic nitrogens is 1. The number of nitrogens with zero attached hydrogens (tertiary/aromatic N) is 1. The number of ether oxygens (including phenoxy) is 1. The number of carbonyl (C=O) groups is 2. The van der Waals surface area contributed by atoms with E-state index >= 15 is 0 Å². The Labute approximate surface area is 182 Å². The fraction of sp³-hybridized carbons (Fsp3) is 0.0833. The molecule has 0 aliphatic carbocycles. The first-order chi connectivity index (χ1) is 15.1. The van der Waals surface area contributed by atoms with Crippen molar-refractivity contribution in [3.63, 3.8) is 0 Å². The Hall–Kier alpha value is -3.84. The fourth-order valence-electron chi connectivity index (χ4n) is 3.99. The van der Waals surface area contributed by atoms with Gasteiger partial charge in [-0.05, 0) is 29.6 Å². The standard InChI is InChI=1S/C24H18N2O4S/c1-30-15-7-4-6-14(12-15)26-21(19-10-5-11-31-19)20(23(28)24(26)29)22(27)17-13-25-18-9-3-2-8-16(17)18/h2-13,21,25,27H,1H3/b22-20-. The van der Waals surface area contributed by atoms with Gasteiger partial charge < -0.3 is 14.8 Å². The van der Waals surface area contributed by atoms with Crippen molar-refractivity contribution in [2.24, 2.45) is 0 Å². The number of aliphatic hydroxyl groups excluding tert-OH is 1. The van der Waals surface area contributed by atoms with E-state index in [9.17, 15) is 14.7 Å². The summed E-state index contributed by atoms with van der Waals surface area (Å²) in [5, 5.41) is 13.9. The summed E-state index contributed by atoms with van der Waals surface area (Å²) in [7, 11) is 1.54. The van der Waals surface area contributed by atoms with Crippen LogP contribution in [-0.4, -0.2) is 28.9 Å². The van der Waals surface area contributed by atoms with Gasteiger partial charge in [0.15, 0.2) is 0 Å². The maximum absolute atomic E-state index is 13.2. The highest BCUT2D eigenvalue weighted by atomic mass is 32.1. The lowest BCUT2D eigenvalue weighted by Gasteiger charge is -2.24. The molecule has 2 N–H and O–H groups in total. The van der Waals surface area contributed by atoms with Crippen LogP contribution in [0.2, 0.25) is 0 Å². The van der Waals surface area contributed by atoms with E-state index in [1.807, 2.05) is 41.8 Å². The molecule has 6 nitrogen and oxygen atoms in total. The molecule has 1 fully saturated rings. The van der Waals surface area contributed by atoms with Gasteiger partial charge in [0.1, 0.15) is 17.6 Å². The normalized spacial score (nSPS) is 18.1. The molecule has 0 radical (unpaired) electrons. The summed E-state index contributed by atoms with van der Waals surface area (Å²) >= 11 is 1.42. The van der Waals surface area contributed by atoms with Gasteiger partial charge in [0, 0.05) is 39.3 Å². The number of hydrogen-bond donors (Lipinski definition) is 2. The van der Waals surface area contributed by atoms with Crippen LogP contribution in [0, 0.1) is 0 Å². The molecule has 154 valence electrons. The van der Waals surface area contributed by atoms with Crippen molar-refractivity contribution in [3.05, 3.63) is 88.3 Å². The van der Waals surface area contributed by atoms with Crippen LogP contribution in [-0.2, 0) is 9.59 Å². The molecule has 1 saturated heterocycles. The molecule has 2 aromatic heterocycles. The number of ketones is 1. The van der Waals surface area contributed by atoms with Gasteiger partial charge in [-0.15, -0.1) is 11.3 Å². The van der Waals surface area contributed by atoms with Gasteiger partial charge in [-0.1, -0.05) is 30.3 Å². The molecule has 4 aromatic rings. The van der Waals surface area contributed by atoms with Crippen molar-refractivity contribution >= 4 is 45.4 Å². The summed E-state index contributed by atoms with van der Waals surface area (Å²) in [5.41, 5.74) is 1.91. The van der Waals surface area contributed by atoms with Crippen molar-refractivity contribution in [2.45, 2.75) is 6.04 Å². The maximum Gasteiger partial charge on any atom is 0.300 e. The van der Waals surface area contributed by atoms with Gasteiger partial charge in [-0.2, -0.15) is 0 Å². The van der Waals surface area contributed by atoms with Gasteiger partial charge in [0.2, 0.25) is 0 Å². The molecule has 7 heteroatoms. The highest BCUT2D eigenvalue weighted by Gasteiger charge is 2.47. The van der Waals surface area contributed by atoms with Crippen molar-refractivity contribution in [2.75, 3.05) is 12.0 Å². The lowest BCUT2D eigenvalue weighted by molar-refractivity contribution is -0.132. The number of nitrogens with one attached hydrogen (secondary N) is 1. The minimum Gasteiger partial charge on any atom is -0.507 e. The lowest BCUT2D eigenvalue weighted by atomic mass is 9.99. The molecule has 1 aliphatic rings. The molecule has 0 saturated carbocycles. The van der Waals surface area contributed by atoms with E-state index in [2.05, 4.69) is 4.98 Å². The molecule has 1 unspecified atom stereocenters. The van der Waals surface area contributed by atoms with Crippen LogP contribution in [0.3, 0.4) is 0 Å².